The van der Waals surface area contributed by atoms with Crippen LogP contribution in [0.15, 0.2) is 22.8 Å². The molecule has 23 heavy (non-hydrogen) atoms. The first-order valence-corrected chi connectivity index (χ1v) is 8.88. The van der Waals surface area contributed by atoms with Gasteiger partial charge in [0.05, 0.1) is 23.4 Å². The number of anilines is 1. The molecule has 0 aromatic carbocycles. The average molecular weight is 332 g/mol. The van der Waals surface area contributed by atoms with Gasteiger partial charge in [0, 0.05) is 4.88 Å². The lowest BCUT2D eigenvalue weighted by molar-refractivity contribution is 0.0947. The van der Waals surface area contributed by atoms with Gasteiger partial charge in [-0.25, -0.2) is 0 Å². The second-order valence-corrected chi connectivity index (χ2v) is 8.45. The number of fused-ring (bicyclic) bond motifs is 1. The molecular formula is C18H24N2O2S. The molecule has 2 aromatic heterocycles. The molecule has 124 valence electrons. The van der Waals surface area contributed by atoms with Crippen molar-refractivity contribution in [3.63, 3.8) is 0 Å². The number of furan rings is 1. The third-order valence-corrected chi connectivity index (χ3v) is 5.83. The van der Waals surface area contributed by atoms with Crippen LogP contribution in [0.2, 0.25) is 0 Å². The Balaban J connectivity index is 1.77. The number of thiophene rings is 1. The second-order valence-electron chi connectivity index (χ2n) is 7.31. The number of rotatable bonds is 3. The summed E-state index contributed by atoms with van der Waals surface area (Å²) >= 11 is 1.58. The highest BCUT2D eigenvalue weighted by Gasteiger charge is 2.33. The van der Waals surface area contributed by atoms with Crippen molar-refractivity contribution in [3.8, 4) is 0 Å². The summed E-state index contributed by atoms with van der Waals surface area (Å²) in [5.41, 5.74) is 8.29. The van der Waals surface area contributed by atoms with Crippen molar-refractivity contribution in [2.45, 2.75) is 46.6 Å². The zero-order valence-electron chi connectivity index (χ0n) is 13.9. The van der Waals surface area contributed by atoms with Crippen molar-refractivity contribution < 1.29 is 9.21 Å². The Hall–Kier alpha value is -1.75. The molecular weight excluding hydrogens is 308 g/mol. The van der Waals surface area contributed by atoms with Crippen molar-refractivity contribution in [2.75, 3.05) is 5.73 Å². The van der Waals surface area contributed by atoms with Crippen LogP contribution in [0.5, 0.6) is 0 Å². The van der Waals surface area contributed by atoms with Gasteiger partial charge >= 0.3 is 0 Å². The molecule has 1 aliphatic rings. The fourth-order valence-corrected chi connectivity index (χ4v) is 4.46. The molecule has 0 bridgehead atoms. The maximum Gasteiger partial charge on any atom is 0.254 e. The van der Waals surface area contributed by atoms with E-state index in [-0.39, 0.29) is 11.3 Å². The largest absolute Gasteiger partial charge is 0.467 e. The molecule has 0 saturated heterocycles. The predicted octanol–water partition coefficient (Wildman–Crippen LogP) is 4.00. The summed E-state index contributed by atoms with van der Waals surface area (Å²) in [4.78, 5) is 13.8. The van der Waals surface area contributed by atoms with Crippen molar-refractivity contribution in [2.24, 2.45) is 11.3 Å². The smallest absolute Gasteiger partial charge is 0.254 e. The molecule has 3 rings (SSSR count). The van der Waals surface area contributed by atoms with E-state index in [1.54, 1.807) is 17.6 Å². The lowest BCUT2D eigenvalue weighted by Crippen LogP contribution is -2.28. The number of amides is 1. The van der Waals surface area contributed by atoms with Gasteiger partial charge in [-0.15, -0.1) is 11.3 Å². The number of carbonyl (C=O) groups is 1. The first kappa shape index (κ1) is 16.1. The molecule has 0 saturated carbocycles. The van der Waals surface area contributed by atoms with Gasteiger partial charge in [0.25, 0.3) is 5.91 Å². The van der Waals surface area contributed by atoms with Gasteiger partial charge in [-0.1, -0.05) is 20.8 Å². The van der Waals surface area contributed by atoms with Gasteiger partial charge in [-0.2, -0.15) is 0 Å². The van der Waals surface area contributed by atoms with Crippen molar-refractivity contribution in [1.82, 2.24) is 5.32 Å². The van der Waals surface area contributed by atoms with Gasteiger partial charge in [-0.05, 0) is 48.3 Å². The average Bonchev–Trinajstić information content (AvgIpc) is 3.09. The van der Waals surface area contributed by atoms with Crippen LogP contribution >= 0.6 is 11.3 Å². The fraction of sp³-hybridized carbons (Fsp3) is 0.500. The zero-order valence-corrected chi connectivity index (χ0v) is 14.8. The van der Waals surface area contributed by atoms with Crippen LogP contribution in [-0.4, -0.2) is 5.91 Å². The summed E-state index contributed by atoms with van der Waals surface area (Å²) in [6, 6.07) is 3.66. The van der Waals surface area contributed by atoms with E-state index in [4.69, 9.17) is 10.2 Å². The lowest BCUT2D eigenvalue weighted by atomic mass is 9.72. The molecule has 2 aromatic rings. The minimum atomic E-state index is -0.0920. The second kappa shape index (κ2) is 6.04. The highest BCUT2D eigenvalue weighted by atomic mass is 32.1. The first-order chi connectivity index (χ1) is 10.9. The highest BCUT2D eigenvalue weighted by Crippen LogP contribution is 2.43. The molecule has 3 N–H and O–H groups in total. The lowest BCUT2D eigenvalue weighted by Gasteiger charge is -2.33. The summed E-state index contributed by atoms with van der Waals surface area (Å²) < 4.78 is 5.25. The van der Waals surface area contributed by atoms with E-state index >= 15 is 0 Å². The number of nitrogens with two attached hydrogens (primary N) is 1. The highest BCUT2D eigenvalue weighted by molar-refractivity contribution is 7.16. The SMILES string of the molecule is CC(C)(C)[C@H]1CCc2c(sc(N)c2C(=O)NCc2ccco2)C1. The Bertz CT molecular complexity index is 695. The van der Waals surface area contributed by atoms with E-state index in [1.165, 1.54) is 4.88 Å². The van der Waals surface area contributed by atoms with E-state index in [2.05, 4.69) is 26.1 Å². The van der Waals surface area contributed by atoms with E-state index in [1.807, 2.05) is 12.1 Å². The van der Waals surface area contributed by atoms with Crippen LogP contribution in [0.1, 0.15) is 53.8 Å². The van der Waals surface area contributed by atoms with Crippen LogP contribution in [-0.2, 0) is 19.4 Å². The van der Waals surface area contributed by atoms with Gasteiger partial charge in [0.15, 0.2) is 0 Å². The van der Waals surface area contributed by atoms with Crippen molar-refractivity contribution >= 4 is 22.2 Å². The van der Waals surface area contributed by atoms with Gasteiger partial charge in [0.2, 0.25) is 0 Å². The van der Waals surface area contributed by atoms with E-state index in [0.29, 0.717) is 23.0 Å². The molecule has 5 heteroatoms. The van der Waals surface area contributed by atoms with Crippen molar-refractivity contribution in [1.29, 1.82) is 0 Å². The van der Waals surface area contributed by atoms with Crippen LogP contribution in [0.3, 0.4) is 0 Å². The molecule has 0 spiro atoms. The summed E-state index contributed by atoms with van der Waals surface area (Å²) in [5.74, 6) is 1.30. The minimum absolute atomic E-state index is 0.0920. The molecule has 4 nitrogen and oxygen atoms in total. The summed E-state index contributed by atoms with van der Waals surface area (Å²) in [6.07, 6.45) is 4.69. The topological polar surface area (TPSA) is 68.3 Å². The third-order valence-electron chi connectivity index (χ3n) is 4.75. The predicted molar refractivity (Wildman–Crippen MR) is 93.6 cm³/mol. The molecule has 0 unspecified atom stereocenters. The van der Waals surface area contributed by atoms with Gasteiger partial charge in [0.1, 0.15) is 5.76 Å². The van der Waals surface area contributed by atoms with Crippen LogP contribution in [0, 0.1) is 11.3 Å². The fourth-order valence-electron chi connectivity index (χ4n) is 3.26. The number of nitrogens with one attached hydrogen (secondary N) is 1. The standard InChI is InChI=1S/C18H24N2O2S/c1-18(2,3)11-6-7-13-14(9-11)23-16(19)15(13)17(21)20-10-12-5-4-8-22-12/h4-5,8,11H,6-7,9-10,19H2,1-3H3,(H,20,21)/t11-/m0/s1. The van der Waals surface area contributed by atoms with E-state index in [0.717, 1.165) is 30.6 Å². The third kappa shape index (κ3) is 3.29. The molecule has 0 aliphatic heterocycles. The number of hydrogen-bond acceptors (Lipinski definition) is 4. The molecule has 1 atom stereocenters. The zero-order chi connectivity index (χ0) is 16.6. The number of nitrogen functional groups attached to an aromatic ring is 1. The first-order valence-electron chi connectivity index (χ1n) is 8.07. The van der Waals surface area contributed by atoms with Crippen molar-refractivity contribution in [3.05, 3.63) is 40.2 Å². The van der Waals surface area contributed by atoms with Crippen LogP contribution < -0.4 is 11.1 Å². The number of carbonyl (C=O) groups excluding carboxylic acids is 1. The Morgan fingerprint density at radius 1 is 1.48 bits per heavy atom. The van der Waals surface area contributed by atoms with Gasteiger partial charge < -0.3 is 15.5 Å². The summed E-state index contributed by atoms with van der Waals surface area (Å²) in [6.45, 7) is 7.25. The van der Waals surface area contributed by atoms with Crippen LogP contribution in [0.4, 0.5) is 5.00 Å². The molecule has 2 heterocycles. The molecule has 1 amide bonds. The maximum absolute atomic E-state index is 12.5. The van der Waals surface area contributed by atoms with Gasteiger partial charge in [-0.3, -0.25) is 4.79 Å². The molecule has 1 aliphatic carbocycles. The minimum Gasteiger partial charge on any atom is -0.467 e. The van der Waals surface area contributed by atoms with E-state index in [9.17, 15) is 4.79 Å². The normalized spacial score (nSPS) is 17.8. The quantitative estimate of drug-likeness (QED) is 0.892. The maximum atomic E-state index is 12.5. The Morgan fingerprint density at radius 2 is 2.26 bits per heavy atom. The Labute approximate surface area is 141 Å². The summed E-state index contributed by atoms with van der Waals surface area (Å²) in [5, 5.41) is 3.55. The Kier molecular flexibility index (Phi) is 4.23. The van der Waals surface area contributed by atoms with Crippen LogP contribution in [0.25, 0.3) is 0 Å². The molecule has 0 fully saturated rings. The van der Waals surface area contributed by atoms with E-state index < -0.39 is 0 Å². The Morgan fingerprint density at radius 3 is 2.91 bits per heavy atom. The summed E-state index contributed by atoms with van der Waals surface area (Å²) in [7, 11) is 0. The number of hydrogen-bond donors (Lipinski definition) is 2. The molecule has 0 radical (unpaired) electrons. The monoisotopic (exact) mass is 332 g/mol.